The molecule has 0 radical (unpaired) electrons. The van der Waals surface area contributed by atoms with Crippen LogP contribution in [-0.2, 0) is 11.2 Å². The Morgan fingerprint density at radius 1 is 1.42 bits per heavy atom. The molecule has 2 rings (SSSR count). The molecule has 1 aromatic rings. The van der Waals surface area contributed by atoms with E-state index in [1.165, 1.54) is 17.8 Å². The molecule has 3 nitrogen and oxygen atoms in total. The molecule has 0 saturated heterocycles. The van der Waals surface area contributed by atoms with Crippen LogP contribution in [0.25, 0.3) is 0 Å². The molecule has 1 saturated carbocycles. The van der Waals surface area contributed by atoms with E-state index in [0.29, 0.717) is 18.4 Å². The Morgan fingerprint density at radius 2 is 2.16 bits per heavy atom. The molecule has 1 fully saturated rings. The minimum Gasteiger partial charge on any atom is -0.353 e. The second-order valence-electron chi connectivity index (χ2n) is 5.77. The van der Waals surface area contributed by atoms with Crippen molar-refractivity contribution in [1.29, 1.82) is 0 Å². The summed E-state index contributed by atoms with van der Waals surface area (Å²) in [6.07, 6.45) is 3.88. The van der Waals surface area contributed by atoms with Crippen LogP contribution in [0.2, 0.25) is 0 Å². The molecule has 0 spiro atoms. The molecule has 3 atom stereocenters. The Hall–Kier alpha value is -0.680. The first-order chi connectivity index (χ1) is 8.95. The molecular weight excluding hydrogens is 276 g/mol. The minimum atomic E-state index is 0.125. The minimum absolute atomic E-state index is 0.125. The molecule has 2 N–H and O–H groups in total. The van der Waals surface area contributed by atoms with Gasteiger partial charge in [0.1, 0.15) is 0 Å². The zero-order chi connectivity index (χ0) is 14.0. The summed E-state index contributed by atoms with van der Waals surface area (Å²) >= 11 is 6.60. The standard InChI is InChI=1S/C14H22N2OS2/c1-8-4-5-11(6-9(8)2)16-13(17)7-12-10(3)15-14(18)19-12/h8-9,11H,4-7H2,1-3H3,(H,15,18)(H,16,17). The van der Waals surface area contributed by atoms with E-state index in [1.54, 1.807) is 0 Å². The maximum absolute atomic E-state index is 12.1. The van der Waals surface area contributed by atoms with E-state index < -0.39 is 0 Å². The summed E-state index contributed by atoms with van der Waals surface area (Å²) < 4.78 is 0.750. The normalized spacial score (nSPS) is 27.2. The fraction of sp³-hybridized carbons (Fsp3) is 0.714. The third-order valence-electron chi connectivity index (χ3n) is 4.21. The highest BCUT2D eigenvalue weighted by molar-refractivity contribution is 7.73. The van der Waals surface area contributed by atoms with E-state index in [-0.39, 0.29) is 5.91 Å². The number of H-pyrrole nitrogens is 1. The highest BCUT2D eigenvalue weighted by atomic mass is 32.1. The van der Waals surface area contributed by atoms with Crippen LogP contribution in [0.3, 0.4) is 0 Å². The second-order valence-corrected chi connectivity index (χ2v) is 7.54. The molecule has 1 aromatic heterocycles. The topological polar surface area (TPSA) is 44.9 Å². The number of amides is 1. The van der Waals surface area contributed by atoms with E-state index in [0.717, 1.165) is 33.3 Å². The smallest absolute Gasteiger partial charge is 0.225 e. The summed E-state index contributed by atoms with van der Waals surface area (Å²) in [5.41, 5.74) is 1.02. The lowest BCUT2D eigenvalue weighted by atomic mass is 9.79. The van der Waals surface area contributed by atoms with Crippen molar-refractivity contribution in [1.82, 2.24) is 10.3 Å². The summed E-state index contributed by atoms with van der Waals surface area (Å²) in [6, 6.07) is 0.353. The molecular formula is C14H22N2OS2. The van der Waals surface area contributed by atoms with E-state index in [2.05, 4.69) is 24.1 Å². The van der Waals surface area contributed by atoms with Gasteiger partial charge in [-0.2, -0.15) is 0 Å². The van der Waals surface area contributed by atoms with Gasteiger partial charge in [-0.05, 0) is 50.2 Å². The summed E-state index contributed by atoms with van der Waals surface area (Å²) in [4.78, 5) is 16.2. The van der Waals surface area contributed by atoms with Crippen molar-refractivity contribution in [2.45, 2.75) is 52.5 Å². The van der Waals surface area contributed by atoms with Crippen LogP contribution in [0.4, 0.5) is 0 Å². The first kappa shape index (κ1) is 14.7. The third-order valence-corrected chi connectivity index (χ3v) is 5.54. The van der Waals surface area contributed by atoms with Gasteiger partial charge in [-0.25, -0.2) is 0 Å². The van der Waals surface area contributed by atoms with E-state index in [9.17, 15) is 4.79 Å². The Bertz CT molecular complexity index is 506. The number of carbonyl (C=O) groups excluding carboxylic acids is 1. The van der Waals surface area contributed by atoms with Crippen LogP contribution in [0.1, 0.15) is 43.7 Å². The molecule has 0 aliphatic heterocycles. The van der Waals surface area contributed by atoms with Gasteiger partial charge in [-0.3, -0.25) is 4.79 Å². The maximum atomic E-state index is 12.1. The fourth-order valence-corrected chi connectivity index (χ4v) is 4.00. The summed E-state index contributed by atoms with van der Waals surface area (Å²) in [5, 5.41) is 3.17. The van der Waals surface area contributed by atoms with Crippen molar-refractivity contribution in [2.75, 3.05) is 0 Å². The SMILES string of the molecule is Cc1[nH]c(=S)sc1CC(=O)NC1CCC(C)C(C)C1. The first-order valence-corrected chi connectivity index (χ1v) is 8.16. The van der Waals surface area contributed by atoms with Crippen LogP contribution >= 0.6 is 23.6 Å². The zero-order valence-electron chi connectivity index (χ0n) is 11.8. The average Bonchev–Trinajstić information content (AvgIpc) is 2.62. The molecule has 1 amide bonds. The van der Waals surface area contributed by atoms with Crippen molar-refractivity contribution in [3.8, 4) is 0 Å². The molecule has 5 heteroatoms. The molecule has 1 aliphatic rings. The third kappa shape index (κ3) is 3.89. The predicted octanol–water partition coefficient (Wildman–Crippen LogP) is 3.60. The quantitative estimate of drug-likeness (QED) is 0.838. The van der Waals surface area contributed by atoms with Crippen LogP contribution in [0.5, 0.6) is 0 Å². The van der Waals surface area contributed by atoms with E-state index >= 15 is 0 Å². The monoisotopic (exact) mass is 298 g/mol. The van der Waals surface area contributed by atoms with Gasteiger partial charge in [-0.15, -0.1) is 11.3 Å². The molecule has 1 heterocycles. The van der Waals surface area contributed by atoms with Gasteiger partial charge in [-0.1, -0.05) is 13.8 Å². The van der Waals surface area contributed by atoms with Crippen LogP contribution in [-0.4, -0.2) is 16.9 Å². The number of carbonyl (C=O) groups is 1. The molecule has 3 unspecified atom stereocenters. The van der Waals surface area contributed by atoms with Crippen LogP contribution < -0.4 is 5.32 Å². The lowest BCUT2D eigenvalue weighted by Crippen LogP contribution is -2.40. The van der Waals surface area contributed by atoms with Gasteiger partial charge < -0.3 is 10.3 Å². The Kier molecular flexibility index (Phi) is 4.79. The first-order valence-electron chi connectivity index (χ1n) is 6.93. The van der Waals surface area contributed by atoms with Gasteiger partial charge in [0.15, 0.2) is 3.95 Å². The van der Waals surface area contributed by atoms with Crippen LogP contribution in [0.15, 0.2) is 0 Å². The number of aromatic nitrogens is 1. The van der Waals surface area contributed by atoms with Crippen molar-refractivity contribution >= 4 is 29.5 Å². The molecule has 106 valence electrons. The van der Waals surface area contributed by atoms with Crippen molar-refractivity contribution < 1.29 is 4.79 Å². The maximum Gasteiger partial charge on any atom is 0.225 e. The van der Waals surface area contributed by atoms with E-state index in [1.807, 2.05) is 6.92 Å². The molecule has 0 bridgehead atoms. The number of hydrogen-bond donors (Lipinski definition) is 2. The second kappa shape index (κ2) is 6.18. The predicted molar refractivity (Wildman–Crippen MR) is 82.1 cm³/mol. The number of aryl methyl sites for hydroxylation is 1. The van der Waals surface area contributed by atoms with Crippen molar-refractivity contribution in [3.63, 3.8) is 0 Å². The molecule has 1 aliphatic carbocycles. The van der Waals surface area contributed by atoms with Gasteiger partial charge in [0.25, 0.3) is 0 Å². The number of nitrogens with one attached hydrogen (secondary N) is 2. The molecule has 19 heavy (non-hydrogen) atoms. The largest absolute Gasteiger partial charge is 0.353 e. The van der Waals surface area contributed by atoms with E-state index in [4.69, 9.17) is 12.2 Å². The number of thiazole rings is 1. The van der Waals surface area contributed by atoms with Gasteiger partial charge in [0.2, 0.25) is 5.91 Å². The number of rotatable bonds is 3. The van der Waals surface area contributed by atoms with Crippen molar-refractivity contribution in [3.05, 3.63) is 14.5 Å². The summed E-state index contributed by atoms with van der Waals surface area (Å²) in [6.45, 7) is 6.56. The highest BCUT2D eigenvalue weighted by Gasteiger charge is 2.25. The van der Waals surface area contributed by atoms with Crippen molar-refractivity contribution in [2.24, 2.45) is 11.8 Å². The zero-order valence-corrected chi connectivity index (χ0v) is 13.4. The molecule has 0 aromatic carbocycles. The lowest BCUT2D eigenvalue weighted by Gasteiger charge is -2.32. The Balaban J connectivity index is 1.88. The van der Waals surface area contributed by atoms with Gasteiger partial charge >= 0.3 is 0 Å². The summed E-state index contributed by atoms with van der Waals surface area (Å²) in [7, 11) is 0. The van der Waals surface area contributed by atoms with Gasteiger partial charge in [0, 0.05) is 16.6 Å². The lowest BCUT2D eigenvalue weighted by molar-refractivity contribution is -0.121. The van der Waals surface area contributed by atoms with Crippen LogP contribution in [0, 0.1) is 22.7 Å². The highest BCUT2D eigenvalue weighted by Crippen LogP contribution is 2.29. The fourth-order valence-electron chi connectivity index (χ4n) is 2.71. The Morgan fingerprint density at radius 3 is 2.74 bits per heavy atom. The van der Waals surface area contributed by atoms with Gasteiger partial charge in [0.05, 0.1) is 6.42 Å². The average molecular weight is 298 g/mol. The summed E-state index contributed by atoms with van der Waals surface area (Å²) in [5.74, 6) is 1.61. The number of aromatic amines is 1. The Labute approximate surface area is 123 Å². The number of hydrogen-bond acceptors (Lipinski definition) is 3.